The Labute approximate surface area is 144 Å². The minimum Gasteiger partial charge on any atom is -0.354 e. The van der Waals surface area contributed by atoms with Crippen LogP contribution in [0.4, 0.5) is 5.82 Å². The molecule has 4 heterocycles. The number of nitrogens with zero attached hydrogens (tertiary/aromatic N) is 5. The molecule has 0 radical (unpaired) electrons. The highest BCUT2D eigenvalue weighted by Crippen LogP contribution is 2.23. The fourth-order valence-electron chi connectivity index (χ4n) is 2.77. The fourth-order valence-corrected chi connectivity index (χ4v) is 2.77. The third kappa shape index (κ3) is 3.32. The topological polar surface area (TPSA) is 99.7 Å². The number of aromatic amines is 1. The minimum atomic E-state index is -0.127. The molecule has 1 fully saturated rings. The summed E-state index contributed by atoms with van der Waals surface area (Å²) >= 11 is 0. The van der Waals surface area contributed by atoms with Crippen molar-refractivity contribution >= 4 is 11.7 Å². The Morgan fingerprint density at radius 2 is 1.96 bits per heavy atom. The Bertz CT molecular complexity index is 827. The zero-order valence-corrected chi connectivity index (χ0v) is 13.5. The summed E-state index contributed by atoms with van der Waals surface area (Å²) in [6, 6.07) is 9.41. The summed E-state index contributed by atoms with van der Waals surface area (Å²) in [6.45, 7) is 2.34. The number of amides is 1. The van der Waals surface area contributed by atoms with E-state index in [1.54, 1.807) is 24.7 Å². The van der Waals surface area contributed by atoms with Gasteiger partial charge in [-0.15, -0.1) is 10.2 Å². The number of rotatable bonds is 5. The van der Waals surface area contributed by atoms with E-state index in [9.17, 15) is 4.79 Å². The normalized spacial score (nSPS) is 14.2. The van der Waals surface area contributed by atoms with Gasteiger partial charge in [0.25, 0.3) is 5.91 Å². The molecule has 8 nitrogen and oxygen atoms in total. The monoisotopic (exact) mass is 335 g/mol. The number of anilines is 1. The van der Waals surface area contributed by atoms with Crippen molar-refractivity contribution in [3.63, 3.8) is 0 Å². The molecule has 0 aromatic carbocycles. The van der Waals surface area contributed by atoms with Gasteiger partial charge < -0.3 is 10.2 Å². The van der Waals surface area contributed by atoms with Crippen molar-refractivity contribution in [3.8, 4) is 11.3 Å². The van der Waals surface area contributed by atoms with Crippen LogP contribution in [0.1, 0.15) is 10.5 Å². The van der Waals surface area contributed by atoms with Crippen LogP contribution in [0.25, 0.3) is 11.3 Å². The van der Waals surface area contributed by atoms with Crippen molar-refractivity contribution in [2.75, 3.05) is 24.5 Å². The van der Waals surface area contributed by atoms with E-state index in [0.29, 0.717) is 18.2 Å². The van der Waals surface area contributed by atoms with Gasteiger partial charge in [0.15, 0.2) is 5.82 Å². The van der Waals surface area contributed by atoms with Gasteiger partial charge in [-0.3, -0.25) is 14.9 Å². The van der Waals surface area contributed by atoms with E-state index in [-0.39, 0.29) is 5.91 Å². The molecule has 0 saturated carbocycles. The van der Waals surface area contributed by atoms with Gasteiger partial charge in [-0.05, 0) is 30.3 Å². The summed E-state index contributed by atoms with van der Waals surface area (Å²) in [7, 11) is 0. The third-order valence-corrected chi connectivity index (χ3v) is 4.20. The molecule has 0 unspecified atom stereocenters. The third-order valence-electron chi connectivity index (χ3n) is 4.20. The molecule has 0 aliphatic carbocycles. The van der Waals surface area contributed by atoms with Gasteiger partial charge in [-0.25, -0.2) is 0 Å². The number of aromatic nitrogens is 5. The van der Waals surface area contributed by atoms with Crippen molar-refractivity contribution in [3.05, 3.63) is 54.6 Å². The molecule has 0 atom stereocenters. The molecule has 2 N–H and O–H groups in total. The predicted molar refractivity (Wildman–Crippen MR) is 91.9 cm³/mol. The number of nitrogens with one attached hydrogen (secondary N) is 2. The highest BCUT2D eigenvalue weighted by Gasteiger charge is 2.28. The average Bonchev–Trinajstić information content (AvgIpc) is 3.16. The van der Waals surface area contributed by atoms with E-state index in [1.807, 2.05) is 24.3 Å². The lowest BCUT2D eigenvalue weighted by atomic mass is 10.00. The van der Waals surface area contributed by atoms with E-state index >= 15 is 0 Å². The smallest absolute Gasteiger partial charge is 0.269 e. The molecule has 1 saturated heterocycles. The summed E-state index contributed by atoms with van der Waals surface area (Å²) in [4.78, 5) is 18.0. The van der Waals surface area contributed by atoms with Gasteiger partial charge >= 0.3 is 0 Å². The van der Waals surface area contributed by atoms with E-state index in [4.69, 9.17) is 0 Å². The predicted octanol–water partition coefficient (Wildman–Crippen LogP) is 1.13. The highest BCUT2D eigenvalue weighted by molar-refractivity contribution is 5.92. The quantitative estimate of drug-likeness (QED) is 0.725. The summed E-state index contributed by atoms with van der Waals surface area (Å²) in [5.74, 6) is 1.14. The standard InChI is InChI=1S/C17H17N7O/c25-17(15-5-8-20-21-15)19-9-12-10-24(11-12)16-2-1-14(22-23-16)13-3-6-18-7-4-13/h1-8,12H,9-11H2,(H,19,25)(H,20,21). The first-order valence-electron chi connectivity index (χ1n) is 8.06. The Kier molecular flexibility index (Phi) is 4.07. The molecule has 25 heavy (non-hydrogen) atoms. The Morgan fingerprint density at radius 1 is 1.12 bits per heavy atom. The fraction of sp³-hybridized carbons (Fsp3) is 0.235. The van der Waals surface area contributed by atoms with Gasteiger partial charge in [0.2, 0.25) is 0 Å². The lowest BCUT2D eigenvalue weighted by Crippen LogP contribution is -2.52. The molecule has 0 spiro atoms. The first kappa shape index (κ1) is 15.3. The van der Waals surface area contributed by atoms with E-state index in [1.165, 1.54) is 0 Å². The molecule has 0 bridgehead atoms. The van der Waals surface area contributed by atoms with Crippen LogP contribution in [0, 0.1) is 5.92 Å². The molecular formula is C17H17N7O. The Morgan fingerprint density at radius 3 is 2.64 bits per heavy atom. The van der Waals surface area contributed by atoms with Gasteiger partial charge in [0.1, 0.15) is 5.69 Å². The van der Waals surface area contributed by atoms with Crippen LogP contribution < -0.4 is 10.2 Å². The van der Waals surface area contributed by atoms with Crippen molar-refractivity contribution in [2.24, 2.45) is 5.92 Å². The maximum absolute atomic E-state index is 11.9. The van der Waals surface area contributed by atoms with Gasteiger partial charge in [0, 0.05) is 49.7 Å². The summed E-state index contributed by atoms with van der Waals surface area (Å²) in [5.41, 5.74) is 2.31. The average molecular weight is 335 g/mol. The molecule has 8 heteroatoms. The molecule has 126 valence electrons. The second-order valence-corrected chi connectivity index (χ2v) is 5.96. The zero-order chi connectivity index (χ0) is 17.1. The number of H-pyrrole nitrogens is 1. The Balaban J connectivity index is 1.28. The zero-order valence-electron chi connectivity index (χ0n) is 13.5. The SMILES string of the molecule is O=C(NCC1CN(c2ccc(-c3ccncc3)nn2)C1)c1ccn[nH]1. The number of pyridine rings is 1. The summed E-state index contributed by atoms with van der Waals surface area (Å²) in [6.07, 6.45) is 5.04. The maximum Gasteiger partial charge on any atom is 0.269 e. The van der Waals surface area contributed by atoms with Crippen LogP contribution in [0.3, 0.4) is 0 Å². The molecule has 1 aliphatic rings. The summed E-state index contributed by atoms with van der Waals surface area (Å²) in [5, 5.41) is 17.9. The second kappa shape index (κ2) is 6.68. The molecule has 3 aromatic rings. The number of hydrogen-bond acceptors (Lipinski definition) is 6. The van der Waals surface area contributed by atoms with Gasteiger partial charge in [-0.1, -0.05) is 0 Å². The molecular weight excluding hydrogens is 318 g/mol. The van der Waals surface area contributed by atoms with Crippen LogP contribution in [0.2, 0.25) is 0 Å². The number of carbonyl (C=O) groups excluding carboxylic acids is 1. The lowest BCUT2D eigenvalue weighted by molar-refractivity contribution is 0.0939. The van der Waals surface area contributed by atoms with Gasteiger partial charge in [-0.2, -0.15) is 5.10 Å². The largest absolute Gasteiger partial charge is 0.354 e. The number of carbonyl (C=O) groups is 1. The highest BCUT2D eigenvalue weighted by atomic mass is 16.1. The summed E-state index contributed by atoms with van der Waals surface area (Å²) < 4.78 is 0. The first-order valence-corrected chi connectivity index (χ1v) is 8.06. The van der Waals surface area contributed by atoms with Crippen molar-refractivity contribution in [1.29, 1.82) is 0 Å². The van der Waals surface area contributed by atoms with E-state index < -0.39 is 0 Å². The number of hydrogen-bond donors (Lipinski definition) is 2. The molecule has 4 rings (SSSR count). The van der Waals surface area contributed by atoms with Crippen LogP contribution in [-0.4, -0.2) is 50.9 Å². The van der Waals surface area contributed by atoms with Crippen LogP contribution in [0.5, 0.6) is 0 Å². The lowest BCUT2D eigenvalue weighted by Gasteiger charge is -2.39. The van der Waals surface area contributed by atoms with Gasteiger partial charge in [0.05, 0.1) is 5.69 Å². The molecule has 1 aliphatic heterocycles. The van der Waals surface area contributed by atoms with E-state index in [0.717, 1.165) is 30.2 Å². The van der Waals surface area contributed by atoms with Crippen molar-refractivity contribution < 1.29 is 4.79 Å². The molecule has 1 amide bonds. The minimum absolute atomic E-state index is 0.127. The van der Waals surface area contributed by atoms with Crippen LogP contribution in [-0.2, 0) is 0 Å². The Hall–Kier alpha value is -3.29. The van der Waals surface area contributed by atoms with Crippen LogP contribution >= 0.6 is 0 Å². The van der Waals surface area contributed by atoms with Crippen LogP contribution in [0.15, 0.2) is 48.9 Å². The second-order valence-electron chi connectivity index (χ2n) is 5.96. The van der Waals surface area contributed by atoms with E-state index in [2.05, 4.69) is 35.6 Å². The first-order chi connectivity index (χ1) is 12.3. The molecule has 3 aromatic heterocycles. The van der Waals surface area contributed by atoms with Crippen molar-refractivity contribution in [2.45, 2.75) is 0 Å². The maximum atomic E-state index is 11.9. The van der Waals surface area contributed by atoms with Crippen molar-refractivity contribution in [1.82, 2.24) is 30.7 Å².